The van der Waals surface area contributed by atoms with Gasteiger partial charge in [0.25, 0.3) is 0 Å². The lowest BCUT2D eigenvalue weighted by molar-refractivity contribution is -0.117. The maximum absolute atomic E-state index is 12.5. The van der Waals surface area contributed by atoms with E-state index in [0.29, 0.717) is 30.1 Å². The quantitative estimate of drug-likeness (QED) is 0.763. The van der Waals surface area contributed by atoms with E-state index in [1.807, 2.05) is 31.4 Å². The fourth-order valence-corrected chi connectivity index (χ4v) is 4.32. The number of nitrogens with one attached hydrogen (secondary N) is 1. The van der Waals surface area contributed by atoms with Crippen LogP contribution < -0.4 is 5.32 Å². The van der Waals surface area contributed by atoms with Crippen LogP contribution in [0.4, 0.5) is 5.82 Å². The van der Waals surface area contributed by atoms with E-state index in [9.17, 15) is 4.79 Å². The van der Waals surface area contributed by atoms with Crippen molar-refractivity contribution in [3.63, 3.8) is 0 Å². The van der Waals surface area contributed by atoms with Gasteiger partial charge in [-0.05, 0) is 37.8 Å². The molecular formula is C19H21N7O. The molecule has 0 aliphatic carbocycles. The molecule has 3 aromatic rings. The number of anilines is 1. The van der Waals surface area contributed by atoms with Gasteiger partial charge in [0.15, 0.2) is 0 Å². The summed E-state index contributed by atoms with van der Waals surface area (Å²) < 4.78 is 1.64. The van der Waals surface area contributed by atoms with E-state index in [2.05, 4.69) is 30.5 Å². The number of carbonyl (C=O) groups excluding carboxylic acids is 1. The lowest BCUT2D eigenvalue weighted by Crippen LogP contribution is -2.36. The van der Waals surface area contributed by atoms with Gasteiger partial charge in [0.05, 0.1) is 24.0 Å². The van der Waals surface area contributed by atoms with Gasteiger partial charge in [-0.3, -0.25) is 14.4 Å². The van der Waals surface area contributed by atoms with E-state index in [0.717, 1.165) is 16.6 Å². The molecule has 27 heavy (non-hydrogen) atoms. The van der Waals surface area contributed by atoms with E-state index in [1.54, 1.807) is 10.9 Å². The third-order valence-electron chi connectivity index (χ3n) is 5.64. The number of aryl methyl sites for hydroxylation is 1. The number of hydrogen-bond donors (Lipinski definition) is 1. The van der Waals surface area contributed by atoms with Gasteiger partial charge in [0.1, 0.15) is 11.5 Å². The molecule has 3 aromatic heterocycles. The topological polar surface area (TPSA) is 88.8 Å². The molecule has 138 valence electrons. The zero-order valence-corrected chi connectivity index (χ0v) is 15.2. The second-order valence-corrected chi connectivity index (χ2v) is 7.42. The first-order valence-corrected chi connectivity index (χ1v) is 9.35. The first-order chi connectivity index (χ1) is 13.2. The van der Waals surface area contributed by atoms with Crippen LogP contribution in [0.3, 0.4) is 0 Å². The molecule has 0 aromatic carbocycles. The van der Waals surface area contributed by atoms with Gasteiger partial charge in [-0.25, -0.2) is 9.97 Å². The van der Waals surface area contributed by atoms with Crippen LogP contribution in [-0.2, 0) is 11.8 Å². The van der Waals surface area contributed by atoms with Gasteiger partial charge in [-0.15, -0.1) is 5.10 Å². The van der Waals surface area contributed by atoms with Crippen LogP contribution in [0.5, 0.6) is 0 Å². The summed E-state index contributed by atoms with van der Waals surface area (Å²) in [5.74, 6) is 0.522. The van der Waals surface area contributed by atoms with Gasteiger partial charge in [0, 0.05) is 36.8 Å². The minimum absolute atomic E-state index is 0.00858. The predicted octanol–water partition coefficient (Wildman–Crippen LogP) is 1.99. The molecule has 8 heteroatoms. The highest BCUT2D eigenvalue weighted by molar-refractivity contribution is 5.93. The molecule has 2 saturated heterocycles. The molecule has 5 heterocycles. The third kappa shape index (κ3) is 3.06. The molecule has 5 rings (SSSR count). The monoisotopic (exact) mass is 363 g/mol. The Morgan fingerprint density at radius 2 is 1.96 bits per heavy atom. The highest BCUT2D eigenvalue weighted by Crippen LogP contribution is 2.36. The van der Waals surface area contributed by atoms with Crippen molar-refractivity contribution < 1.29 is 4.79 Å². The molecule has 0 spiro atoms. The molecule has 0 unspecified atom stereocenters. The standard InChI is InChI=1S/C19H21N7O/c1-25-10-17(23-24-25)15-7-2-12-9-20-18(8-16(12)21-15)22-19(27)11-26-13-3-4-14(26)6-5-13/h2,7-10,13-14H,3-6,11H2,1H3,(H,20,22,27). The van der Waals surface area contributed by atoms with Crippen molar-refractivity contribution in [1.29, 1.82) is 0 Å². The summed E-state index contributed by atoms with van der Waals surface area (Å²) in [5, 5.41) is 11.9. The Kier molecular flexibility index (Phi) is 3.86. The number of fused-ring (bicyclic) bond motifs is 3. The SMILES string of the molecule is Cn1cc(-c2ccc3cnc(NC(=O)CN4C5CCC4CC5)cc3n2)nn1. The van der Waals surface area contributed by atoms with E-state index in [1.165, 1.54) is 25.7 Å². The Morgan fingerprint density at radius 1 is 1.19 bits per heavy atom. The van der Waals surface area contributed by atoms with Gasteiger partial charge in [-0.2, -0.15) is 0 Å². The maximum Gasteiger partial charge on any atom is 0.239 e. The van der Waals surface area contributed by atoms with Crippen LogP contribution in [0.2, 0.25) is 0 Å². The van der Waals surface area contributed by atoms with Crippen molar-refractivity contribution >= 4 is 22.6 Å². The normalized spacial score (nSPS) is 21.8. The molecule has 2 bridgehead atoms. The summed E-state index contributed by atoms with van der Waals surface area (Å²) in [7, 11) is 1.82. The third-order valence-corrected chi connectivity index (χ3v) is 5.64. The molecule has 0 saturated carbocycles. The Labute approximate surface area is 156 Å². The molecule has 1 amide bonds. The Bertz CT molecular complexity index is 994. The maximum atomic E-state index is 12.5. The van der Waals surface area contributed by atoms with Crippen LogP contribution in [0.25, 0.3) is 22.3 Å². The van der Waals surface area contributed by atoms with Crippen molar-refractivity contribution in [3.8, 4) is 11.4 Å². The fourth-order valence-electron chi connectivity index (χ4n) is 4.32. The number of amides is 1. The summed E-state index contributed by atoms with van der Waals surface area (Å²) in [4.78, 5) is 23.8. The van der Waals surface area contributed by atoms with Crippen LogP contribution in [0, 0.1) is 0 Å². The van der Waals surface area contributed by atoms with Crippen molar-refractivity contribution in [3.05, 3.63) is 30.6 Å². The molecule has 2 fully saturated rings. The second-order valence-electron chi connectivity index (χ2n) is 7.42. The summed E-state index contributed by atoms with van der Waals surface area (Å²) in [5.41, 5.74) is 2.23. The molecule has 8 nitrogen and oxygen atoms in total. The predicted molar refractivity (Wildman–Crippen MR) is 101 cm³/mol. The smallest absolute Gasteiger partial charge is 0.239 e. The summed E-state index contributed by atoms with van der Waals surface area (Å²) in [6.45, 7) is 0.447. The zero-order chi connectivity index (χ0) is 18.4. The van der Waals surface area contributed by atoms with E-state index in [-0.39, 0.29) is 5.91 Å². The van der Waals surface area contributed by atoms with Gasteiger partial charge >= 0.3 is 0 Å². The fraction of sp³-hybridized carbons (Fsp3) is 0.421. The first kappa shape index (κ1) is 16.3. The number of pyridine rings is 2. The van der Waals surface area contributed by atoms with E-state index < -0.39 is 0 Å². The Hall–Kier alpha value is -2.87. The second kappa shape index (κ2) is 6.38. The van der Waals surface area contributed by atoms with Gasteiger partial charge in [0.2, 0.25) is 5.91 Å². The van der Waals surface area contributed by atoms with Crippen LogP contribution in [0.15, 0.2) is 30.6 Å². The highest BCUT2D eigenvalue weighted by atomic mass is 16.2. The lowest BCUT2D eigenvalue weighted by atomic mass is 10.0. The first-order valence-electron chi connectivity index (χ1n) is 9.35. The number of carbonyl (C=O) groups is 1. The lowest BCUT2D eigenvalue weighted by Gasteiger charge is -2.20. The van der Waals surface area contributed by atoms with E-state index >= 15 is 0 Å². The minimum Gasteiger partial charge on any atom is -0.310 e. The molecule has 1 N–H and O–H groups in total. The Morgan fingerprint density at radius 3 is 2.67 bits per heavy atom. The minimum atomic E-state index is -0.00858. The average Bonchev–Trinajstić information content (AvgIpc) is 3.37. The van der Waals surface area contributed by atoms with Crippen molar-refractivity contribution in [1.82, 2.24) is 29.9 Å². The van der Waals surface area contributed by atoms with Crippen molar-refractivity contribution in [2.45, 2.75) is 37.8 Å². The number of nitrogens with zero attached hydrogens (tertiary/aromatic N) is 6. The zero-order valence-electron chi connectivity index (χ0n) is 15.2. The average molecular weight is 363 g/mol. The van der Waals surface area contributed by atoms with Crippen LogP contribution in [0.1, 0.15) is 25.7 Å². The summed E-state index contributed by atoms with van der Waals surface area (Å²) >= 11 is 0. The van der Waals surface area contributed by atoms with Crippen LogP contribution >= 0.6 is 0 Å². The number of hydrogen-bond acceptors (Lipinski definition) is 6. The molecular weight excluding hydrogens is 342 g/mol. The molecule has 2 aliphatic rings. The summed E-state index contributed by atoms with van der Waals surface area (Å²) in [6.07, 6.45) is 8.45. The number of aromatic nitrogens is 5. The highest BCUT2D eigenvalue weighted by Gasteiger charge is 2.39. The van der Waals surface area contributed by atoms with Gasteiger partial charge in [-0.1, -0.05) is 5.21 Å². The van der Waals surface area contributed by atoms with Gasteiger partial charge < -0.3 is 5.32 Å². The van der Waals surface area contributed by atoms with E-state index in [4.69, 9.17) is 0 Å². The largest absolute Gasteiger partial charge is 0.310 e. The van der Waals surface area contributed by atoms with Crippen LogP contribution in [-0.4, -0.2) is 54.4 Å². The Balaban J connectivity index is 1.35. The summed E-state index contributed by atoms with van der Waals surface area (Å²) in [6, 6.07) is 6.83. The number of rotatable bonds is 4. The molecule has 2 aliphatic heterocycles. The molecule has 0 atom stereocenters. The van der Waals surface area contributed by atoms with Crippen molar-refractivity contribution in [2.75, 3.05) is 11.9 Å². The van der Waals surface area contributed by atoms with Crippen molar-refractivity contribution in [2.24, 2.45) is 7.05 Å². The molecule has 0 radical (unpaired) electrons.